The molecule has 2 aromatic rings. The summed E-state index contributed by atoms with van der Waals surface area (Å²) in [7, 11) is 1.63. The molecule has 2 rings (SSSR count). The monoisotopic (exact) mass is 354 g/mol. The normalized spacial score (nSPS) is 10.2. The lowest BCUT2D eigenvalue weighted by Gasteiger charge is -2.20. The molecule has 0 aliphatic carbocycles. The molecule has 1 N–H and O–H groups in total. The fourth-order valence-corrected chi connectivity index (χ4v) is 2.73. The van der Waals surface area contributed by atoms with Crippen LogP contribution < -0.4 is 10.1 Å². The molecule has 5 nitrogen and oxygen atoms in total. The van der Waals surface area contributed by atoms with E-state index in [0.29, 0.717) is 19.5 Å². The molecule has 0 aromatic heterocycles. The van der Waals surface area contributed by atoms with Crippen LogP contribution in [-0.2, 0) is 22.4 Å². The SMILES string of the molecule is COc1ccccc1CCNC(=O)CN(CCc1ccccc1)C(C)=O. The Hall–Kier alpha value is -2.82. The van der Waals surface area contributed by atoms with E-state index in [0.717, 1.165) is 23.3 Å². The van der Waals surface area contributed by atoms with E-state index in [2.05, 4.69) is 5.32 Å². The van der Waals surface area contributed by atoms with Crippen molar-refractivity contribution < 1.29 is 14.3 Å². The first kappa shape index (κ1) is 19.5. The van der Waals surface area contributed by atoms with E-state index in [9.17, 15) is 9.59 Å². The van der Waals surface area contributed by atoms with E-state index in [4.69, 9.17) is 4.74 Å². The number of nitrogens with zero attached hydrogens (tertiary/aromatic N) is 1. The molecule has 2 aromatic carbocycles. The maximum atomic E-state index is 12.2. The highest BCUT2D eigenvalue weighted by molar-refractivity contribution is 5.83. The lowest BCUT2D eigenvalue weighted by Crippen LogP contribution is -2.41. The molecular formula is C21H26N2O3. The number of nitrogens with one attached hydrogen (secondary N) is 1. The fourth-order valence-electron chi connectivity index (χ4n) is 2.73. The number of rotatable bonds is 9. The molecule has 0 unspecified atom stereocenters. The quantitative estimate of drug-likeness (QED) is 0.752. The summed E-state index contributed by atoms with van der Waals surface area (Å²) in [6.45, 7) is 2.60. The minimum absolute atomic E-state index is 0.0775. The Bertz CT molecular complexity index is 716. The van der Waals surface area contributed by atoms with E-state index in [1.807, 2.05) is 54.6 Å². The van der Waals surface area contributed by atoms with E-state index in [1.54, 1.807) is 12.0 Å². The first-order valence-corrected chi connectivity index (χ1v) is 8.78. The van der Waals surface area contributed by atoms with Crippen LogP contribution in [0.2, 0.25) is 0 Å². The Morgan fingerprint density at radius 2 is 1.69 bits per heavy atom. The first-order valence-electron chi connectivity index (χ1n) is 8.78. The second-order valence-corrected chi connectivity index (χ2v) is 6.09. The predicted octanol–water partition coefficient (Wildman–Crippen LogP) is 2.45. The highest BCUT2D eigenvalue weighted by Crippen LogP contribution is 2.17. The van der Waals surface area contributed by atoms with Crippen molar-refractivity contribution in [2.24, 2.45) is 0 Å². The van der Waals surface area contributed by atoms with Crippen molar-refractivity contribution in [1.29, 1.82) is 0 Å². The van der Waals surface area contributed by atoms with Gasteiger partial charge in [0.2, 0.25) is 11.8 Å². The average molecular weight is 354 g/mol. The van der Waals surface area contributed by atoms with Gasteiger partial charge in [-0.1, -0.05) is 48.5 Å². The maximum absolute atomic E-state index is 12.2. The van der Waals surface area contributed by atoms with Gasteiger partial charge in [-0.25, -0.2) is 0 Å². The van der Waals surface area contributed by atoms with Gasteiger partial charge in [0.15, 0.2) is 0 Å². The minimum atomic E-state index is -0.150. The highest BCUT2D eigenvalue weighted by Gasteiger charge is 2.13. The fraction of sp³-hybridized carbons (Fsp3) is 0.333. The van der Waals surface area contributed by atoms with E-state index in [-0.39, 0.29) is 18.4 Å². The average Bonchev–Trinajstić information content (AvgIpc) is 2.66. The van der Waals surface area contributed by atoms with Crippen molar-refractivity contribution in [2.45, 2.75) is 19.8 Å². The van der Waals surface area contributed by atoms with Crippen LogP contribution in [0, 0.1) is 0 Å². The molecule has 138 valence electrons. The van der Waals surface area contributed by atoms with Crippen LogP contribution in [0.1, 0.15) is 18.1 Å². The summed E-state index contributed by atoms with van der Waals surface area (Å²) in [6, 6.07) is 17.7. The van der Waals surface area contributed by atoms with Crippen molar-refractivity contribution in [2.75, 3.05) is 26.7 Å². The Balaban J connectivity index is 1.79. The lowest BCUT2D eigenvalue weighted by molar-refractivity contribution is -0.134. The van der Waals surface area contributed by atoms with Crippen molar-refractivity contribution in [3.63, 3.8) is 0 Å². The van der Waals surface area contributed by atoms with Crippen molar-refractivity contribution in [1.82, 2.24) is 10.2 Å². The summed E-state index contributed by atoms with van der Waals surface area (Å²) in [6.07, 6.45) is 1.41. The van der Waals surface area contributed by atoms with Gasteiger partial charge in [0.25, 0.3) is 0 Å². The third-order valence-corrected chi connectivity index (χ3v) is 4.20. The van der Waals surface area contributed by atoms with Crippen LogP contribution in [-0.4, -0.2) is 43.5 Å². The number of hydrogen-bond donors (Lipinski definition) is 1. The van der Waals surface area contributed by atoms with Gasteiger partial charge in [-0.15, -0.1) is 0 Å². The minimum Gasteiger partial charge on any atom is -0.496 e. The summed E-state index contributed by atoms with van der Waals surface area (Å²) in [5, 5.41) is 2.88. The van der Waals surface area contributed by atoms with Crippen LogP contribution in [0.25, 0.3) is 0 Å². The largest absolute Gasteiger partial charge is 0.496 e. The number of carbonyl (C=O) groups is 2. The number of ether oxygens (including phenoxy) is 1. The van der Waals surface area contributed by atoms with E-state index >= 15 is 0 Å². The molecule has 5 heteroatoms. The number of amides is 2. The summed E-state index contributed by atoms with van der Waals surface area (Å²) >= 11 is 0. The van der Waals surface area contributed by atoms with Gasteiger partial charge in [0.05, 0.1) is 13.7 Å². The predicted molar refractivity (Wildman–Crippen MR) is 102 cm³/mol. The molecule has 2 amide bonds. The molecule has 0 saturated heterocycles. The highest BCUT2D eigenvalue weighted by atomic mass is 16.5. The van der Waals surface area contributed by atoms with Gasteiger partial charge in [-0.3, -0.25) is 9.59 Å². The van der Waals surface area contributed by atoms with Crippen LogP contribution >= 0.6 is 0 Å². The van der Waals surface area contributed by atoms with Crippen LogP contribution in [0.5, 0.6) is 5.75 Å². The summed E-state index contributed by atoms with van der Waals surface area (Å²) in [5.41, 5.74) is 2.19. The van der Waals surface area contributed by atoms with Crippen molar-refractivity contribution in [3.8, 4) is 5.75 Å². The summed E-state index contributed by atoms with van der Waals surface area (Å²) in [5.74, 6) is 0.568. The Kier molecular flexibility index (Phi) is 7.68. The third-order valence-electron chi connectivity index (χ3n) is 4.20. The van der Waals surface area contributed by atoms with Gasteiger partial charge >= 0.3 is 0 Å². The third kappa shape index (κ3) is 6.24. The molecule has 0 spiro atoms. The molecular weight excluding hydrogens is 328 g/mol. The zero-order chi connectivity index (χ0) is 18.8. The second-order valence-electron chi connectivity index (χ2n) is 6.09. The molecule has 0 radical (unpaired) electrons. The van der Waals surface area contributed by atoms with Gasteiger partial charge in [0.1, 0.15) is 5.75 Å². The molecule has 0 heterocycles. The van der Waals surface area contributed by atoms with E-state index < -0.39 is 0 Å². The Morgan fingerprint density at radius 3 is 2.38 bits per heavy atom. The molecule has 0 aliphatic heterocycles. The molecule has 0 bridgehead atoms. The van der Waals surface area contributed by atoms with Crippen LogP contribution in [0.15, 0.2) is 54.6 Å². The standard InChI is InChI=1S/C21H26N2O3/c1-17(24)23(15-13-18-8-4-3-5-9-18)16-21(25)22-14-12-19-10-6-7-11-20(19)26-2/h3-11H,12-16H2,1-2H3,(H,22,25). The number of methoxy groups -OCH3 is 1. The van der Waals surface area contributed by atoms with E-state index in [1.165, 1.54) is 6.92 Å². The molecule has 0 fully saturated rings. The second kappa shape index (κ2) is 10.2. The summed E-state index contributed by atoms with van der Waals surface area (Å²) in [4.78, 5) is 25.6. The Morgan fingerprint density at radius 1 is 1.00 bits per heavy atom. The number of carbonyl (C=O) groups excluding carboxylic acids is 2. The number of benzene rings is 2. The van der Waals surface area contributed by atoms with Crippen molar-refractivity contribution >= 4 is 11.8 Å². The number of hydrogen-bond acceptors (Lipinski definition) is 3. The van der Waals surface area contributed by atoms with Gasteiger partial charge < -0.3 is 15.0 Å². The Labute approximate surface area is 155 Å². The molecule has 0 atom stereocenters. The van der Waals surface area contributed by atoms with Crippen molar-refractivity contribution in [3.05, 3.63) is 65.7 Å². The smallest absolute Gasteiger partial charge is 0.239 e. The molecule has 0 saturated carbocycles. The zero-order valence-corrected chi connectivity index (χ0v) is 15.4. The summed E-state index contributed by atoms with van der Waals surface area (Å²) < 4.78 is 5.31. The van der Waals surface area contributed by atoms with Gasteiger partial charge in [0, 0.05) is 20.0 Å². The van der Waals surface area contributed by atoms with Crippen LogP contribution in [0.3, 0.4) is 0 Å². The number of para-hydroxylation sites is 1. The van der Waals surface area contributed by atoms with Gasteiger partial charge in [-0.05, 0) is 30.0 Å². The van der Waals surface area contributed by atoms with Gasteiger partial charge in [-0.2, -0.15) is 0 Å². The lowest BCUT2D eigenvalue weighted by atomic mass is 10.1. The van der Waals surface area contributed by atoms with Crippen LogP contribution in [0.4, 0.5) is 0 Å². The maximum Gasteiger partial charge on any atom is 0.239 e. The first-order chi connectivity index (χ1) is 12.6. The molecule has 0 aliphatic rings. The zero-order valence-electron chi connectivity index (χ0n) is 15.4. The topological polar surface area (TPSA) is 58.6 Å². The molecule has 26 heavy (non-hydrogen) atoms.